The van der Waals surface area contributed by atoms with Crippen LogP contribution in [0.25, 0.3) is 0 Å². The normalized spacial score (nSPS) is 12.2. The van der Waals surface area contributed by atoms with Crippen LogP contribution in [0.2, 0.25) is 0 Å². The number of nitro groups is 1. The quantitative estimate of drug-likeness (QED) is 0.628. The number of anilines is 1. The van der Waals surface area contributed by atoms with Gasteiger partial charge in [-0.15, -0.1) is 11.3 Å². The van der Waals surface area contributed by atoms with Crippen molar-refractivity contribution >= 4 is 22.7 Å². The Morgan fingerprint density at radius 1 is 1.42 bits per heavy atom. The van der Waals surface area contributed by atoms with Gasteiger partial charge >= 0.3 is 0 Å². The molecule has 2 rings (SSSR count). The van der Waals surface area contributed by atoms with Gasteiger partial charge in [-0.25, -0.2) is 4.39 Å². The van der Waals surface area contributed by atoms with E-state index in [1.807, 2.05) is 29.3 Å². The number of hydrogen-bond acceptors (Lipinski definition) is 4. The second kappa shape index (κ2) is 5.36. The fourth-order valence-electron chi connectivity index (χ4n) is 1.81. The Morgan fingerprint density at radius 3 is 2.74 bits per heavy atom. The summed E-state index contributed by atoms with van der Waals surface area (Å²) in [5.74, 6) is -0.602. The second-order valence-corrected chi connectivity index (χ2v) is 5.21. The molecule has 2 aromatic rings. The highest BCUT2D eigenvalue weighted by molar-refractivity contribution is 7.10. The second-order valence-electron chi connectivity index (χ2n) is 4.23. The topological polar surface area (TPSA) is 46.4 Å². The van der Waals surface area contributed by atoms with Crippen LogP contribution in [0.3, 0.4) is 0 Å². The smallest absolute Gasteiger partial charge is 0.274 e. The molecule has 100 valence electrons. The van der Waals surface area contributed by atoms with Crippen LogP contribution in [0.15, 0.2) is 35.7 Å². The number of non-ortho nitro benzene ring substituents is 1. The highest BCUT2D eigenvalue weighted by Crippen LogP contribution is 2.30. The number of nitrogens with zero attached hydrogens (tertiary/aromatic N) is 2. The molecule has 1 aromatic carbocycles. The Kier molecular flexibility index (Phi) is 3.80. The maximum absolute atomic E-state index is 13.4. The molecule has 0 aliphatic rings. The molecule has 0 fully saturated rings. The molecule has 1 atom stereocenters. The number of nitro benzene ring substituents is 1. The summed E-state index contributed by atoms with van der Waals surface area (Å²) in [6, 6.07) is 7.57. The van der Waals surface area contributed by atoms with Gasteiger partial charge in [-0.05, 0) is 24.4 Å². The molecule has 0 bridgehead atoms. The summed E-state index contributed by atoms with van der Waals surface area (Å²) in [4.78, 5) is 13.1. The highest BCUT2D eigenvalue weighted by Gasteiger charge is 2.17. The minimum Gasteiger partial charge on any atom is -0.367 e. The van der Waals surface area contributed by atoms with E-state index < -0.39 is 10.7 Å². The molecule has 0 amide bonds. The van der Waals surface area contributed by atoms with Crippen molar-refractivity contribution in [1.29, 1.82) is 0 Å². The van der Waals surface area contributed by atoms with Crippen molar-refractivity contribution < 1.29 is 9.31 Å². The summed E-state index contributed by atoms with van der Waals surface area (Å²) >= 11 is 1.60. The zero-order chi connectivity index (χ0) is 14.0. The first-order valence-corrected chi connectivity index (χ1v) is 6.58. The molecule has 4 nitrogen and oxygen atoms in total. The van der Waals surface area contributed by atoms with Gasteiger partial charge < -0.3 is 4.90 Å². The average Bonchev–Trinajstić information content (AvgIpc) is 2.90. The summed E-state index contributed by atoms with van der Waals surface area (Å²) in [6.07, 6.45) is 0. The largest absolute Gasteiger partial charge is 0.367 e. The number of hydrogen-bond donors (Lipinski definition) is 0. The van der Waals surface area contributed by atoms with Gasteiger partial charge in [0.05, 0.1) is 17.0 Å². The number of benzene rings is 1. The molecular weight excluding hydrogens is 267 g/mol. The Morgan fingerprint density at radius 2 is 2.16 bits per heavy atom. The van der Waals surface area contributed by atoms with Gasteiger partial charge in [0.1, 0.15) is 5.82 Å². The summed E-state index contributed by atoms with van der Waals surface area (Å²) in [5.41, 5.74) is 0.257. The van der Waals surface area contributed by atoms with E-state index in [1.54, 1.807) is 18.4 Å². The highest BCUT2D eigenvalue weighted by atomic mass is 32.1. The van der Waals surface area contributed by atoms with Crippen LogP contribution in [0.1, 0.15) is 17.8 Å². The number of thiophene rings is 1. The molecular formula is C13H13FN2O2S. The summed E-state index contributed by atoms with van der Waals surface area (Å²) in [7, 11) is 1.79. The van der Waals surface area contributed by atoms with Crippen molar-refractivity contribution in [3.63, 3.8) is 0 Å². The van der Waals surface area contributed by atoms with E-state index in [-0.39, 0.29) is 11.7 Å². The van der Waals surface area contributed by atoms with Gasteiger partial charge in [0.25, 0.3) is 5.69 Å². The van der Waals surface area contributed by atoms with Crippen LogP contribution in [-0.4, -0.2) is 12.0 Å². The molecule has 1 aromatic heterocycles. The Labute approximate surface area is 114 Å². The Bertz CT molecular complexity index is 586. The molecule has 0 radical (unpaired) electrons. The molecule has 0 aliphatic carbocycles. The van der Waals surface area contributed by atoms with Crippen molar-refractivity contribution in [2.75, 3.05) is 11.9 Å². The molecule has 0 aliphatic heterocycles. The van der Waals surface area contributed by atoms with Gasteiger partial charge in [0, 0.05) is 23.7 Å². The van der Waals surface area contributed by atoms with Crippen LogP contribution in [0.4, 0.5) is 15.8 Å². The molecule has 1 heterocycles. The fourth-order valence-corrected chi connectivity index (χ4v) is 2.64. The molecule has 6 heteroatoms. The van der Waals surface area contributed by atoms with Crippen LogP contribution in [0, 0.1) is 15.9 Å². The van der Waals surface area contributed by atoms with E-state index >= 15 is 0 Å². The lowest BCUT2D eigenvalue weighted by molar-refractivity contribution is -0.385. The lowest BCUT2D eigenvalue weighted by Gasteiger charge is -2.26. The Hall–Kier alpha value is -1.95. The van der Waals surface area contributed by atoms with E-state index in [0.29, 0.717) is 5.69 Å². The average molecular weight is 280 g/mol. The lowest BCUT2D eigenvalue weighted by atomic mass is 10.2. The summed E-state index contributed by atoms with van der Waals surface area (Å²) in [6.45, 7) is 1.97. The van der Waals surface area contributed by atoms with E-state index in [1.165, 1.54) is 12.1 Å². The lowest BCUT2D eigenvalue weighted by Crippen LogP contribution is -2.21. The van der Waals surface area contributed by atoms with E-state index in [9.17, 15) is 14.5 Å². The monoisotopic (exact) mass is 280 g/mol. The van der Waals surface area contributed by atoms with E-state index in [0.717, 1.165) is 10.9 Å². The molecule has 0 saturated carbocycles. The van der Waals surface area contributed by atoms with Crippen molar-refractivity contribution in [1.82, 2.24) is 0 Å². The van der Waals surface area contributed by atoms with Crippen molar-refractivity contribution in [2.45, 2.75) is 13.0 Å². The first kappa shape index (κ1) is 13.5. The minimum absolute atomic E-state index is 0.0291. The third-order valence-corrected chi connectivity index (χ3v) is 4.06. The zero-order valence-corrected chi connectivity index (χ0v) is 11.4. The summed E-state index contributed by atoms with van der Waals surface area (Å²) in [5, 5.41) is 12.7. The maximum Gasteiger partial charge on any atom is 0.274 e. The first-order valence-electron chi connectivity index (χ1n) is 5.70. The van der Waals surface area contributed by atoms with Crippen LogP contribution in [0.5, 0.6) is 0 Å². The Balaban J connectivity index is 2.33. The van der Waals surface area contributed by atoms with Gasteiger partial charge in [-0.2, -0.15) is 0 Å². The third kappa shape index (κ3) is 2.90. The van der Waals surface area contributed by atoms with Crippen molar-refractivity contribution in [3.8, 4) is 0 Å². The standard InChI is InChI=1S/C13H13FN2O2S/c1-9(13-4-3-5-19-13)15(2)11-6-10(14)7-12(8-11)16(17)18/h3-9H,1-2H3. The van der Waals surface area contributed by atoms with Gasteiger partial charge in [-0.3, -0.25) is 10.1 Å². The van der Waals surface area contributed by atoms with Crippen LogP contribution >= 0.6 is 11.3 Å². The van der Waals surface area contributed by atoms with Crippen molar-refractivity contribution in [2.24, 2.45) is 0 Å². The molecule has 1 unspecified atom stereocenters. The maximum atomic E-state index is 13.4. The zero-order valence-electron chi connectivity index (χ0n) is 10.5. The predicted molar refractivity (Wildman–Crippen MR) is 74.2 cm³/mol. The number of halogens is 1. The van der Waals surface area contributed by atoms with Gasteiger partial charge in [0.15, 0.2) is 0 Å². The van der Waals surface area contributed by atoms with Crippen molar-refractivity contribution in [3.05, 3.63) is 56.5 Å². The minimum atomic E-state index is -0.602. The van der Waals surface area contributed by atoms with Gasteiger partial charge in [-0.1, -0.05) is 6.07 Å². The molecule has 0 N–H and O–H groups in total. The fraction of sp³-hybridized carbons (Fsp3) is 0.231. The molecule has 0 saturated heterocycles. The molecule has 19 heavy (non-hydrogen) atoms. The van der Waals surface area contributed by atoms with Crippen LogP contribution in [-0.2, 0) is 0 Å². The SMILES string of the molecule is CC(c1cccs1)N(C)c1cc(F)cc([N+](=O)[O-])c1. The third-order valence-electron chi connectivity index (χ3n) is 3.02. The number of rotatable bonds is 4. The first-order chi connectivity index (χ1) is 8.99. The predicted octanol–water partition coefficient (Wildman–Crippen LogP) is 3.99. The van der Waals surface area contributed by atoms with Crippen LogP contribution < -0.4 is 4.90 Å². The van der Waals surface area contributed by atoms with E-state index in [2.05, 4.69) is 0 Å². The summed E-state index contributed by atoms with van der Waals surface area (Å²) < 4.78 is 13.4. The van der Waals surface area contributed by atoms with E-state index in [4.69, 9.17) is 0 Å². The molecule has 0 spiro atoms. The van der Waals surface area contributed by atoms with Gasteiger partial charge in [0.2, 0.25) is 0 Å².